The van der Waals surface area contributed by atoms with E-state index in [0.29, 0.717) is 20.9 Å². The van der Waals surface area contributed by atoms with Crippen molar-refractivity contribution in [1.29, 1.82) is 0 Å². The van der Waals surface area contributed by atoms with Crippen LogP contribution in [0.3, 0.4) is 0 Å². The van der Waals surface area contributed by atoms with E-state index in [4.69, 9.17) is 11.6 Å². The van der Waals surface area contributed by atoms with Gasteiger partial charge in [-0.15, -0.1) is 11.3 Å². The number of nitrogens with zero attached hydrogens (tertiary/aromatic N) is 2. The SMILES string of the molecule is Cc1ccc(Cn2c(=O)c3sccc3n(CC(=O)Nc3cc(Cl)ccc3C)c2=O)cc1C. The van der Waals surface area contributed by atoms with Crippen LogP contribution in [0, 0.1) is 20.8 Å². The molecule has 1 N–H and O–H groups in total. The van der Waals surface area contributed by atoms with Crippen LogP contribution in [0.5, 0.6) is 0 Å². The molecule has 1 amide bonds. The third-order valence-corrected chi connectivity index (χ3v) is 6.65. The van der Waals surface area contributed by atoms with Gasteiger partial charge in [0, 0.05) is 10.7 Å². The van der Waals surface area contributed by atoms with Crippen LogP contribution in [-0.4, -0.2) is 15.0 Å². The quantitative estimate of drug-likeness (QED) is 0.470. The minimum Gasteiger partial charge on any atom is -0.324 e. The molecule has 0 aliphatic heterocycles. The Kier molecular flexibility index (Phi) is 6.04. The molecule has 32 heavy (non-hydrogen) atoms. The van der Waals surface area contributed by atoms with Crippen molar-refractivity contribution in [1.82, 2.24) is 9.13 Å². The number of hydrogen-bond acceptors (Lipinski definition) is 4. The number of aryl methyl sites for hydroxylation is 3. The van der Waals surface area contributed by atoms with Crippen molar-refractivity contribution >= 4 is 44.7 Å². The molecule has 6 nitrogen and oxygen atoms in total. The van der Waals surface area contributed by atoms with Crippen molar-refractivity contribution < 1.29 is 4.79 Å². The number of carbonyl (C=O) groups is 1. The molecule has 164 valence electrons. The van der Waals surface area contributed by atoms with Gasteiger partial charge in [-0.25, -0.2) is 4.79 Å². The Morgan fingerprint density at radius 2 is 1.72 bits per heavy atom. The van der Waals surface area contributed by atoms with E-state index in [1.165, 1.54) is 20.5 Å². The highest BCUT2D eigenvalue weighted by molar-refractivity contribution is 7.17. The van der Waals surface area contributed by atoms with Gasteiger partial charge in [0.15, 0.2) is 0 Å². The van der Waals surface area contributed by atoms with Crippen LogP contribution >= 0.6 is 22.9 Å². The second-order valence-electron chi connectivity index (χ2n) is 7.82. The van der Waals surface area contributed by atoms with Crippen LogP contribution in [0.2, 0.25) is 5.02 Å². The average Bonchev–Trinajstić information content (AvgIpc) is 3.24. The van der Waals surface area contributed by atoms with Gasteiger partial charge in [0.1, 0.15) is 11.2 Å². The summed E-state index contributed by atoms with van der Waals surface area (Å²) in [5.74, 6) is -0.374. The van der Waals surface area contributed by atoms with E-state index >= 15 is 0 Å². The van der Waals surface area contributed by atoms with Gasteiger partial charge in [0.2, 0.25) is 5.91 Å². The van der Waals surface area contributed by atoms with Crippen molar-refractivity contribution in [2.45, 2.75) is 33.9 Å². The van der Waals surface area contributed by atoms with Gasteiger partial charge in [-0.05, 0) is 66.6 Å². The normalized spacial score (nSPS) is 11.1. The lowest BCUT2D eigenvalue weighted by Crippen LogP contribution is -2.41. The van der Waals surface area contributed by atoms with Crippen LogP contribution in [0.4, 0.5) is 5.69 Å². The lowest BCUT2D eigenvalue weighted by Gasteiger charge is -2.14. The maximum Gasteiger partial charge on any atom is 0.332 e. The number of carbonyl (C=O) groups excluding carboxylic acids is 1. The van der Waals surface area contributed by atoms with Crippen LogP contribution in [0.25, 0.3) is 10.2 Å². The molecular weight excluding hydrogens is 446 g/mol. The molecule has 0 aliphatic carbocycles. The van der Waals surface area contributed by atoms with Crippen molar-refractivity contribution in [3.8, 4) is 0 Å². The summed E-state index contributed by atoms with van der Waals surface area (Å²) in [4.78, 5) is 39.1. The van der Waals surface area contributed by atoms with Gasteiger partial charge >= 0.3 is 5.69 Å². The number of halogens is 1. The molecule has 0 spiro atoms. The third kappa shape index (κ3) is 4.26. The van der Waals surface area contributed by atoms with E-state index < -0.39 is 5.69 Å². The first-order chi connectivity index (χ1) is 15.2. The van der Waals surface area contributed by atoms with E-state index in [0.717, 1.165) is 22.3 Å². The average molecular weight is 468 g/mol. The lowest BCUT2D eigenvalue weighted by molar-refractivity contribution is -0.116. The number of aromatic nitrogens is 2. The molecule has 2 aromatic carbocycles. The minimum absolute atomic E-state index is 0.141. The molecule has 8 heteroatoms. The number of thiophene rings is 1. The van der Waals surface area contributed by atoms with Crippen LogP contribution in [-0.2, 0) is 17.9 Å². The van der Waals surface area contributed by atoms with Gasteiger partial charge in [0.25, 0.3) is 5.56 Å². The summed E-state index contributed by atoms with van der Waals surface area (Å²) in [7, 11) is 0. The number of amides is 1. The van der Waals surface area contributed by atoms with Crippen molar-refractivity contribution in [3.63, 3.8) is 0 Å². The fourth-order valence-corrected chi connectivity index (χ4v) is 4.59. The lowest BCUT2D eigenvalue weighted by atomic mass is 10.1. The van der Waals surface area contributed by atoms with Crippen LogP contribution in [0.15, 0.2) is 57.4 Å². The van der Waals surface area contributed by atoms with Gasteiger partial charge in [-0.2, -0.15) is 0 Å². The van der Waals surface area contributed by atoms with E-state index in [-0.39, 0.29) is 24.6 Å². The van der Waals surface area contributed by atoms with Gasteiger partial charge < -0.3 is 5.32 Å². The Hall–Kier alpha value is -3.16. The summed E-state index contributed by atoms with van der Waals surface area (Å²) in [5, 5.41) is 5.07. The first-order valence-electron chi connectivity index (χ1n) is 10.1. The molecule has 0 aliphatic rings. The maximum atomic E-state index is 13.3. The first kappa shape index (κ1) is 22.0. The molecule has 0 bridgehead atoms. The van der Waals surface area contributed by atoms with Crippen molar-refractivity contribution in [2.75, 3.05) is 5.32 Å². The Balaban J connectivity index is 1.73. The zero-order chi connectivity index (χ0) is 23.0. The Morgan fingerprint density at radius 3 is 2.47 bits per heavy atom. The summed E-state index contributed by atoms with van der Waals surface area (Å²) in [6, 6.07) is 12.8. The van der Waals surface area contributed by atoms with E-state index in [9.17, 15) is 14.4 Å². The highest BCUT2D eigenvalue weighted by Crippen LogP contribution is 2.21. The number of hydrogen-bond donors (Lipinski definition) is 1. The molecule has 4 rings (SSSR count). The third-order valence-electron chi connectivity index (χ3n) is 5.52. The van der Waals surface area contributed by atoms with E-state index in [2.05, 4.69) is 5.32 Å². The summed E-state index contributed by atoms with van der Waals surface area (Å²) in [6.45, 7) is 5.78. The van der Waals surface area contributed by atoms with Crippen molar-refractivity contribution in [2.24, 2.45) is 0 Å². The summed E-state index contributed by atoms with van der Waals surface area (Å²) >= 11 is 7.30. The number of fused-ring (bicyclic) bond motifs is 1. The topological polar surface area (TPSA) is 73.1 Å². The van der Waals surface area contributed by atoms with E-state index in [1.54, 1.807) is 23.6 Å². The van der Waals surface area contributed by atoms with Crippen molar-refractivity contribution in [3.05, 3.63) is 96.0 Å². The highest BCUT2D eigenvalue weighted by Gasteiger charge is 2.17. The minimum atomic E-state index is -0.517. The molecule has 0 radical (unpaired) electrons. The fraction of sp³-hybridized carbons (Fsp3) is 0.208. The second kappa shape index (κ2) is 8.76. The zero-order valence-electron chi connectivity index (χ0n) is 17.9. The number of nitrogens with one attached hydrogen (secondary N) is 1. The molecule has 0 unspecified atom stereocenters. The van der Waals surface area contributed by atoms with Crippen LogP contribution in [0.1, 0.15) is 22.3 Å². The molecule has 0 atom stereocenters. The predicted octanol–water partition coefficient (Wildman–Crippen LogP) is 4.49. The highest BCUT2D eigenvalue weighted by atomic mass is 35.5. The fourth-order valence-electron chi connectivity index (χ4n) is 3.57. The van der Waals surface area contributed by atoms with Crippen LogP contribution < -0.4 is 16.6 Å². The Labute approximate surface area is 193 Å². The summed E-state index contributed by atoms with van der Waals surface area (Å²) < 4.78 is 2.99. The molecular formula is C24H22ClN3O3S. The zero-order valence-corrected chi connectivity index (χ0v) is 19.5. The van der Waals surface area contributed by atoms with Gasteiger partial charge in [-0.1, -0.05) is 35.9 Å². The predicted molar refractivity (Wildman–Crippen MR) is 130 cm³/mol. The molecule has 2 heterocycles. The number of rotatable bonds is 5. The number of benzene rings is 2. The monoisotopic (exact) mass is 467 g/mol. The molecule has 4 aromatic rings. The molecule has 0 saturated carbocycles. The molecule has 0 saturated heterocycles. The Bertz CT molecular complexity index is 1470. The maximum absolute atomic E-state index is 13.3. The van der Waals surface area contributed by atoms with Gasteiger partial charge in [-0.3, -0.25) is 18.7 Å². The molecule has 2 aromatic heterocycles. The molecule has 0 fully saturated rings. The summed E-state index contributed by atoms with van der Waals surface area (Å²) in [6.07, 6.45) is 0. The number of anilines is 1. The largest absolute Gasteiger partial charge is 0.332 e. The second-order valence-corrected chi connectivity index (χ2v) is 9.17. The summed E-state index contributed by atoms with van der Waals surface area (Å²) in [5.41, 5.74) is 4.12. The standard InChI is InChI=1S/C24H22ClN3O3S/c1-14-4-6-17(10-16(14)3)12-28-23(30)22-20(8-9-32-22)27(24(28)31)13-21(29)26-19-11-18(25)7-5-15(19)2/h4-11H,12-13H2,1-3H3,(H,26,29). The first-order valence-corrected chi connectivity index (χ1v) is 11.3. The van der Waals surface area contributed by atoms with Gasteiger partial charge in [0.05, 0.1) is 12.1 Å². The Morgan fingerprint density at radius 1 is 0.969 bits per heavy atom. The smallest absolute Gasteiger partial charge is 0.324 e. The van der Waals surface area contributed by atoms with E-state index in [1.807, 2.05) is 45.0 Å².